The van der Waals surface area contributed by atoms with Gasteiger partial charge in [0.2, 0.25) is 0 Å². The summed E-state index contributed by atoms with van der Waals surface area (Å²) in [5.41, 5.74) is 2.06. The number of nitrogens with zero attached hydrogens (tertiary/aromatic N) is 2. The molecule has 0 saturated carbocycles. The Balaban J connectivity index is 2.52. The summed E-state index contributed by atoms with van der Waals surface area (Å²) in [7, 11) is 1.88. The summed E-state index contributed by atoms with van der Waals surface area (Å²) in [5, 5.41) is 9.15. The standard InChI is InChI=1S/C14H15BrN2O2/c1-9-3-4-10(15)7-11(9)12(8-13(18)19)14-16-5-6-17(14)2/h3-7,12H,8H2,1-2H3,(H,18,19). The van der Waals surface area contributed by atoms with E-state index in [0.29, 0.717) is 0 Å². The van der Waals surface area contributed by atoms with Crippen molar-refractivity contribution in [3.05, 3.63) is 52.0 Å². The van der Waals surface area contributed by atoms with Crippen molar-refractivity contribution in [2.75, 3.05) is 0 Å². The van der Waals surface area contributed by atoms with Gasteiger partial charge in [-0.2, -0.15) is 0 Å². The monoisotopic (exact) mass is 322 g/mol. The number of rotatable bonds is 4. The maximum Gasteiger partial charge on any atom is 0.304 e. The Hall–Kier alpha value is -1.62. The molecule has 2 rings (SSSR count). The van der Waals surface area contributed by atoms with Crippen molar-refractivity contribution in [3.63, 3.8) is 0 Å². The molecule has 1 unspecified atom stereocenters. The molecule has 1 N–H and O–H groups in total. The first-order valence-electron chi connectivity index (χ1n) is 5.94. The number of carbonyl (C=O) groups is 1. The fraction of sp³-hybridized carbons (Fsp3) is 0.286. The second-order valence-corrected chi connectivity index (χ2v) is 5.46. The number of benzene rings is 1. The molecule has 0 aliphatic rings. The van der Waals surface area contributed by atoms with Crippen molar-refractivity contribution < 1.29 is 9.90 Å². The van der Waals surface area contributed by atoms with Gasteiger partial charge in [-0.05, 0) is 30.2 Å². The highest BCUT2D eigenvalue weighted by Crippen LogP contribution is 2.31. The molecule has 0 fully saturated rings. The number of carboxylic acid groups (broad SMARTS) is 1. The Morgan fingerprint density at radius 3 is 2.84 bits per heavy atom. The molecule has 0 spiro atoms. The van der Waals surface area contributed by atoms with E-state index < -0.39 is 5.97 Å². The molecule has 1 heterocycles. The van der Waals surface area contributed by atoms with Crippen LogP contribution in [0.2, 0.25) is 0 Å². The maximum atomic E-state index is 11.1. The molecular weight excluding hydrogens is 308 g/mol. The summed E-state index contributed by atoms with van der Waals surface area (Å²) < 4.78 is 2.81. The van der Waals surface area contributed by atoms with E-state index in [-0.39, 0.29) is 12.3 Å². The first-order valence-corrected chi connectivity index (χ1v) is 6.73. The SMILES string of the molecule is Cc1ccc(Br)cc1C(CC(=O)O)c1nccn1C. The first kappa shape index (κ1) is 13.8. The van der Waals surface area contributed by atoms with Crippen molar-refractivity contribution in [3.8, 4) is 0 Å². The number of imidazole rings is 1. The minimum absolute atomic E-state index is 0.0299. The van der Waals surface area contributed by atoms with Gasteiger partial charge in [0.1, 0.15) is 5.82 Å². The van der Waals surface area contributed by atoms with Gasteiger partial charge in [0.25, 0.3) is 0 Å². The third-order valence-electron chi connectivity index (χ3n) is 3.17. The molecule has 0 aliphatic carbocycles. The van der Waals surface area contributed by atoms with Gasteiger partial charge in [-0.1, -0.05) is 22.0 Å². The fourth-order valence-electron chi connectivity index (χ4n) is 2.21. The normalized spacial score (nSPS) is 12.4. The van der Waals surface area contributed by atoms with E-state index in [4.69, 9.17) is 5.11 Å². The average Bonchev–Trinajstić information content (AvgIpc) is 2.75. The number of hydrogen-bond donors (Lipinski definition) is 1. The molecule has 1 aromatic heterocycles. The van der Waals surface area contributed by atoms with Gasteiger partial charge in [-0.15, -0.1) is 0 Å². The second-order valence-electron chi connectivity index (χ2n) is 4.55. The van der Waals surface area contributed by atoms with Gasteiger partial charge in [0, 0.05) is 23.9 Å². The summed E-state index contributed by atoms with van der Waals surface area (Å²) in [6, 6.07) is 5.91. The van der Waals surface area contributed by atoms with Crippen LogP contribution in [0.5, 0.6) is 0 Å². The zero-order chi connectivity index (χ0) is 14.0. The van der Waals surface area contributed by atoms with Gasteiger partial charge in [0.05, 0.1) is 12.3 Å². The van der Waals surface area contributed by atoms with Crippen molar-refractivity contribution in [2.45, 2.75) is 19.3 Å². The predicted octanol–water partition coefficient (Wildman–Crippen LogP) is 3.10. The number of halogens is 1. The van der Waals surface area contributed by atoms with Crippen molar-refractivity contribution in [1.29, 1.82) is 0 Å². The topological polar surface area (TPSA) is 55.1 Å². The highest BCUT2D eigenvalue weighted by atomic mass is 79.9. The Labute approximate surface area is 120 Å². The molecule has 2 aromatic rings. The number of aliphatic carboxylic acids is 1. The van der Waals surface area contributed by atoms with Gasteiger partial charge in [-0.25, -0.2) is 4.98 Å². The van der Waals surface area contributed by atoms with Crippen LogP contribution in [-0.2, 0) is 11.8 Å². The van der Waals surface area contributed by atoms with E-state index in [1.165, 1.54) is 0 Å². The molecule has 19 heavy (non-hydrogen) atoms. The van der Waals surface area contributed by atoms with Crippen LogP contribution in [-0.4, -0.2) is 20.6 Å². The van der Waals surface area contributed by atoms with Crippen molar-refractivity contribution in [2.24, 2.45) is 7.05 Å². The van der Waals surface area contributed by atoms with Crippen LogP contribution in [0.15, 0.2) is 35.1 Å². The molecule has 0 saturated heterocycles. The molecule has 0 aliphatic heterocycles. The molecule has 0 amide bonds. The number of aryl methyl sites for hydroxylation is 2. The van der Waals surface area contributed by atoms with E-state index in [9.17, 15) is 4.79 Å². The fourth-order valence-corrected chi connectivity index (χ4v) is 2.59. The number of hydrogen-bond acceptors (Lipinski definition) is 2. The molecule has 5 heteroatoms. The van der Waals surface area contributed by atoms with Crippen LogP contribution in [0.4, 0.5) is 0 Å². The lowest BCUT2D eigenvalue weighted by atomic mass is 9.91. The molecule has 100 valence electrons. The Bertz CT molecular complexity index is 607. The average molecular weight is 323 g/mol. The van der Waals surface area contributed by atoms with Crippen molar-refractivity contribution >= 4 is 21.9 Å². The van der Waals surface area contributed by atoms with E-state index in [2.05, 4.69) is 20.9 Å². The molecule has 1 aromatic carbocycles. The smallest absolute Gasteiger partial charge is 0.304 e. The number of aromatic nitrogens is 2. The quantitative estimate of drug-likeness (QED) is 0.941. The Kier molecular flexibility index (Phi) is 4.04. The molecular formula is C14H15BrN2O2. The Morgan fingerprint density at radius 1 is 1.53 bits per heavy atom. The molecule has 0 radical (unpaired) electrons. The largest absolute Gasteiger partial charge is 0.481 e. The van der Waals surface area contributed by atoms with Crippen molar-refractivity contribution in [1.82, 2.24) is 9.55 Å². The molecule has 1 atom stereocenters. The van der Waals surface area contributed by atoms with Gasteiger partial charge in [-0.3, -0.25) is 4.79 Å². The predicted molar refractivity (Wildman–Crippen MR) is 76.2 cm³/mol. The van der Waals surface area contributed by atoms with Crippen LogP contribution in [0.25, 0.3) is 0 Å². The van der Waals surface area contributed by atoms with E-state index in [1.54, 1.807) is 6.20 Å². The summed E-state index contributed by atoms with van der Waals surface area (Å²) in [4.78, 5) is 15.4. The van der Waals surface area contributed by atoms with Gasteiger partial charge < -0.3 is 9.67 Å². The lowest BCUT2D eigenvalue weighted by molar-refractivity contribution is -0.137. The van der Waals surface area contributed by atoms with Crippen LogP contribution >= 0.6 is 15.9 Å². The van der Waals surface area contributed by atoms with E-state index in [0.717, 1.165) is 21.4 Å². The lowest BCUT2D eigenvalue weighted by Crippen LogP contribution is -2.13. The minimum atomic E-state index is -0.827. The first-order chi connectivity index (χ1) is 8.99. The molecule has 4 nitrogen and oxygen atoms in total. The van der Waals surface area contributed by atoms with Crippen LogP contribution in [0, 0.1) is 6.92 Å². The van der Waals surface area contributed by atoms with Crippen LogP contribution in [0.3, 0.4) is 0 Å². The number of carboxylic acids is 1. The zero-order valence-electron chi connectivity index (χ0n) is 10.8. The van der Waals surface area contributed by atoms with Crippen LogP contribution in [0.1, 0.15) is 29.3 Å². The summed E-state index contributed by atoms with van der Waals surface area (Å²) >= 11 is 3.44. The Morgan fingerprint density at radius 2 is 2.26 bits per heavy atom. The van der Waals surface area contributed by atoms with Gasteiger partial charge in [0.15, 0.2) is 0 Å². The maximum absolute atomic E-state index is 11.1. The summed E-state index contributed by atoms with van der Waals surface area (Å²) in [6.07, 6.45) is 3.55. The van der Waals surface area contributed by atoms with E-state index in [1.807, 2.05) is 42.9 Å². The van der Waals surface area contributed by atoms with Crippen LogP contribution < -0.4 is 0 Å². The molecule has 0 bridgehead atoms. The lowest BCUT2D eigenvalue weighted by Gasteiger charge is -2.18. The summed E-state index contributed by atoms with van der Waals surface area (Å²) in [6.45, 7) is 1.99. The minimum Gasteiger partial charge on any atom is -0.481 e. The highest BCUT2D eigenvalue weighted by molar-refractivity contribution is 9.10. The third-order valence-corrected chi connectivity index (χ3v) is 3.66. The zero-order valence-corrected chi connectivity index (χ0v) is 12.4. The highest BCUT2D eigenvalue weighted by Gasteiger charge is 2.23. The van der Waals surface area contributed by atoms with E-state index >= 15 is 0 Å². The second kappa shape index (κ2) is 5.57. The third kappa shape index (κ3) is 3.04. The van der Waals surface area contributed by atoms with Gasteiger partial charge >= 0.3 is 5.97 Å². The summed E-state index contributed by atoms with van der Waals surface area (Å²) in [5.74, 6) is -0.300.